The molecule has 0 fully saturated rings. The van der Waals surface area contributed by atoms with Crippen molar-refractivity contribution in [3.8, 4) is 0 Å². The quantitative estimate of drug-likeness (QED) is 0.547. The molecule has 0 unspecified atom stereocenters. The Morgan fingerprint density at radius 2 is 2.05 bits per heavy atom. The standard InChI is InChI=1S/C15H11Cl2N3O/c1-9(14-6-10-4-2-3-5-13(10)21-14)19-20-15-12(17)7-11(16)8-18-15/h2-8H,1H3,(H,18,20). The minimum absolute atomic E-state index is 0.406. The molecular weight excluding hydrogens is 309 g/mol. The normalized spacial score (nSPS) is 11.9. The van der Waals surface area contributed by atoms with Gasteiger partial charge in [-0.25, -0.2) is 4.98 Å². The lowest BCUT2D eigenvalue weighted by Crippen LogP contribution is -2.00. The summed E-state index contributed by atoms with van der Waals surface area (Å²) in [5.41, 5.74) is 4.33. The van der Waals surface area contributed by atoms with E-state index in [1.807, 2.05) is 37.3 Å². The van der Waals surface area contributed by atoms with Crippen molar-refractivity contribution < 1.29 is 4.42 Å². The number of hydrazone groups is 1. The van der Waals surface area contributed by atoms with Crippen molar-refractivity contribution >= 4 is 45.7 Å². The molecule has 0 spiro atoms. The summed E-state index contributed by atoms with van der Waals surface area (Å²) in [7, 11) is 0. The Bertz CT molecular complexity index is 794. The number of furan rings is 1. The Balaban J connectivity index is 1.85. The molecule has 6 heteroatoms. The van der Waals surface area contributed by atoms with E-state index in [1.54, 1.807) is 6.07 Å². The van der Waals surface area contributed by atoms with Crippen LogP contribution >= 0.6 is 23.2 Å². The van der Waals surface area contributed by atoms with Crippen molar-refractivity contribution in [2.75, 3.05) is 5.43 Å². The van der Waals surface area contributed by atoms with Gasteiger partial charge in [0.05, 0.1) is 10.0 Å². The van der Waals surface area contributed by atoms with Crippen LogP contribution < -0.4 is 5.43 Å². The second-order valence-electron chi connectivity index (χ2n) is 4.44. The second kappa shape index (κ2) is 5.76. The van der Waals surface area contributed by atoms with Crippen molar-refractivity contribution in [3.05, 3.63) is 58.4 Å². The molecule has 2 heterocycles. The molecule has 1 N–H and O–H groups in total. The van der Waals surface area contributed by atoms with Crippen molar-refractivity contribution in [2.45, 2.75) is 6.92 Å². The summed E-state index contributed by atoms with van der Waals surface area (Å²) in [5, 5.41) is 6.15. The summed E-state index contributed by atoms with van der Waals surface area (Å²) >= 11 is 11.8. The van der Waals surface area contributed by atoms with Gasteiger partial charge in [0.1, 0.15) is 11.3 Å². The van der Waals surface area contributed by atoms with Gasteiger partial charge in [0.2, 0.25) is 0 Å². The Labute approximate surface area is 131 Å². The van der Waals surface area contributed by atoms with Crippen LogP contribution in [0.15, 0.2) is 52.1 Å². The molecular formula is C15H11Cl2N3O. The summed E-state index contributed by atoms with van der Waals surface area (Å²) in [6.07, 6.45) is 1.50. The molecule has 0 aliphatic rings. The molecule has 3 rings (SSSR count). The fraction of sp³-hybridized carbons (Fsp3) is 0.0667. The van der Waals surface area contributed by atoms with Gasteiger partial charge >= 0.3 is 0 Å². The predicted octanol–water partition coefficient (Wildman–Crippen LogP) is 4.97. The van der Waals surface area contributed by atoms with Crippen LogP contribution in [0.25, 0.3) is 11.0 Å². The third-order valence-electron chi connectivity index (χ3n) is 2.92. The summed E-state index contributed by atoms with van der Waals surface area (Å²) in [4.78, 5) is 4.07. The topological polar surface area (TPSA) is 50.4 Å². The number of fused-ring (bicyclic) bond motifs is 1. The number of nitrogens with one attached hydrogen (secondary N) is 1. The van der Waals surface area contributed by atoms with Gasteiger partial charge in [0.15, 0.2) is 11.6 Å². The van der Waals surface area contributed by atoms with Crippen LogP contribution in [0, 0.1) is 0 Å². The lowest BCUT2D eigenvalue weighted by Gasteiger charge is -2.03. The van der Waals surface area contributed by atoms with Gasteiger partial charge in [-0.15, -0.1) is 0 Å². The van der Waals surface area contributed by atoms with E-state index < -0.39 is 0 Å². The van der Waals surface area contributed by atoms with E-state index >= 15 is 0 Å². The maximum atomic E-state index is 6.02. The highest BCUT2D eigenvalue weighted by atomic mass is 35.5. The smallest absolute Gasteiger partial charge is 0.165 e. The van der Waals surface area contributed by atoms with Crippen LogP contribution in [0.4, 0.5) is 5.82 Å². The molecule has 3 aromatic rings. The molecule has 21 heavy (non-hydrogen) atoms. The summed E-state index contributed by atoms with van der Waals surface area (Å²) in [5.74, 6) is 1.13. The van der Waals surface area contributed by atoms with Crippen LogP contribution in [0.1, 0.15) is 12.7 Å². The van der Waals surface area contributed by atoms with Crippen molar-refractivity contribution in [3.63, 3.8) is 0 Å². The van der Waals surface area contributed by atoms with E-state index in [0.29, 0.717) is 27.3 Å². The monoisotopic (exact) mass is 319 g/mol. The lowest BCUT2D eigenvalue weighted by molar-refractivity contribution is 0.604. The summed E-state index contributed by atoms with van der Waals surface area (Å²) in [6, 6.07) is 11.3. The largest absolute Gasteiger partial charge is 0.455 e. The first kappa shape index (κ1) is 13.9. The number of benzene rings is 1. The summed E-state index contributed by atoms with van der Waals surface area (Å²) in [6.45, 7) is 1.84. The molecule has 0 bridgehead atoms. The number of hydrogen-bond acceptors (Lipinski definition) is 4. The van der Waals surface area contributed by atoms with Gasteiger partial charge < -0.3 is 4.42 Å². The average Bonchev–Trinajstić information content (AvgIpc) is 2.90. The molecule has 1 aromatic carbocycles. The van der Waals surface area contributed by atoms with Gasteiger partial charge in [0.25, 0.3) is 0 Å². The second-order valence-corrected chi connectivity index (χ2v) is 5.29. The number of halogens is 2. The van der Waals surface area contributed by atoms with Crippen LogP contribution in [0.5, 0.6) is 0 Å². The van der Waals surface area contributed by atoms with Gasteiger partial charge in [-0.3, -0.25) is 5.43 Å². The van der Waals surface area contributed by atoms with Gasteiger partial charge in [-0.1, -0.05) is 41.4 Å². The van der Waals surface area contributed by atoms with E-state index in [1.165, 1.54) is 6.20 Å². The third-order valence-corrected chi connectivity index (χ3v) is 3.41. The molecule has 0 amide bonds. The lowest BCUT2D eigenvalue weighted by atomic mass is 10.2. The van der Waals surface area contributed by atoms with Gasteiger partial charge in [-0.2, -0.15) is 5.10 Å². The minimum Gasteiger partial charge on any atom is -0.455 e. The zero-order valence-corrected chi connectivity index (χ0v) is 12.6. The van der Waals surface area contributed by atoms with E-state index in [2.05, 4.69) is 15.5 Å². The molecule has 106 valence electrons. The Morgan fingerprint density at radius 3 is 2.81 bits per heavy atom. The first-order valence-electron chi connectivity index (χ1n) is 6.24. The van der Waals surface area contributed by atoms with Crippen LogP contribution in [0.3, 0.4) is 0 Å². The molecule has 0 aliphatic heterocycles. The number of rotatable bonds is 3. The van der Waals surface area contributed by atoms with Crippen molar-refractivity contribution in [1.82, 2.24) is 4.98 Å². The van der Waals surface area contributed by atoms with Gasteiger partial charge in [-0.05, 0) is 25.1 Å². The van der Waals surface area contributed by atoms with Crippen LogP contribution in [-0.4, -0.2) is 10.7 Å². The SMILES string of the molecule is CC(=NNc1ncc(Cl)cc1Cl)c1cc2ccccc2o1. The fourth-order valence-corrected chi connectivity index (χ4v) is 2.27. The first-order valence-corrected chi connectivity index (χ1v) is 6.99. The number of anilines is 1. The predicted molar refractivity (Wildman–Crippen MR) is 86.3 cm³/mol. The summed E-state index contributed by atoms with van der Waals surface area (Å²) < 4.78 is 5.72. The zero-order valence-electron chi connectivity index (χ0n) is 11.1. The highest BCUT2D eigenvalue weighted by molar-refractivity contribution is 6.35. The molecule has 4 nitrogen and oxygen atoms in total. The maximum Gasteiger partial charge on any atom is 0.165 e. The Morgan fingerprint density at radius 1 is 1.24 bits per heavy atom. The number of pyridine rings is 1. The number of nitrogens with zero attached hydrogens (tertiary/aromatic N) is 2. The van der Waals surface area contributed by atoms with Crippen LogP contribution in [0.2, 0.25) is 10.0 Å². The molecule has 0 aliphatic carbocycles. The third kappa shape index (κ3) is 3.01. The van der Waals surface area contributed by atoms with Crippen LogP contribution in [-0.2, 0) is 0 Å². The molecule has 0 saturated heterocycles. The van der Waals surface area contributed by atoms with E-state index in [0.717, 1.165) is 11.0 Å². The average molecular weight is 320 g/mol. The number of aromatic nitrogens is 1. The maximum absolute atomic E-state index is 6.02. The van der Waals surface area contributed by atoms with E-state index in [4.69, 9.17) is 27.6 Å². The number of para-hydroxylation sites is 1. The molecule has 0 atom stereocenters. The van der Waals surface area contributed by atoms with Gasteiger partial charge in [0, 0.05) is 11.6 Å². The zero-order chi connectivity index (χ0) is 14.8. The Hall–Kier alpha value is -2.04. The molecule has 2 aromatic heterocycles. The first-order chi connectivity index (χ1) is 10.1. The molecule has 0 saturated carbocycles. The minimum atomic E-state index is 0.406. The van der Waals surface area contributed by atoms with E-state index in [9.17, 15) is 0 Å². The van der Waals surface area contributed by atoms with Crippen molar-refractivity contribution in [1.29, 1.82) is 0 Å². The van der Waals surface area contributed by atoms with E-state index in [-0.39, 0.29) is 0 Å². The fourth-order valence-electron chi connectivity index (χ4n) is 1.85. The highest BCUT2D eigenvalue weighted by Gasteiger charge is 2.07. The highest BCUT2D eigenvalue weighted by Crippen LogP contribution is 2.23. The van der Waals surface area contributed by atoms with Crippen molar-refractivity contribution in [2.24, 2.45) is 5.10 Å². The molecule has 0 radical (unpaired) electrons. The Kier molecular flexibility index (Phi) is 3.82. The number of hydrogen-bond donors (Lipinski definition) is 1.